The summed E-state index contributed by atoms with van der Waals surface area (Å²) in [6.07, 6.45) is 2.02. The van der Waals surface area contributed by atoms with Crippen LogP contribution in [0.1, 0.15) is 11.1 Å². The van der Waals surface area contributed by atoms with Crippen LogP contribution in [0.4, 0.5) is 4.39 Å². The van der Waals surface area contributed by atoms with Crippen LogP contribution >= 0.6 is 11.6 Å². The summed E-state index contributed by atoms with van der Waals surface area (Å²) in [6.45, 7) is 1.08. The lowest BCUT2D eigenvalue weighted by Crippen LogP contribution is -1.99. The number of aromatic nitrogens is 1. The maximum absolute atomic E-state index is 13.5. The molecular weight excluding hydrogens is 275 g/mol. The lowest BCUT2D eigenvalue weighted by molar-refractivity contribution is 0.624. The molecule has 2 aromatic carbocycles. The van der Waals surface area contributed by atoms with E-state index in [1.807, 2.05) is 30.5 Å². The van der Waals surface area contributed by atoms with Gasteiger partial charge >= 0.3 is 0 Å². The molecule has 2 N–H and O–H groups in total. The third kappa shape index (κ3) is 2.30. The van der Waals surface area contributed by atoms with E-state index < -0.39 is 0 Å². The number of hydrogen-bond donors (Lipinski definition) is 1. The topological polar surface area (TPSA) is 30.9 Å². The van der Waals surface area contributed by atoms with Gasteiger partial charge in [0.1, 0.15) is 5.82 Å². The summed E-state index contributed by atoms with van der Waals surface area (Å²) in [5.74, 6) is -0.389. The molecule has 0 fully saturated rings. The molecule has 4 heteroatoms. The minimum atomic E-state index is -0.389. The quantitative estimate of drug-likeness (QED) is 0.777. The summed E-state index contributed by atoms with van der Waals surface area (Å²) < 4.78 is 15.6. The van der Waals surface area contributed by atoms with Gasteiger partial charge in [0.15, 0.2) is 0 Å². The van der Waals surface area contributed by atoms with Gasteiger partial charge in [-0.2, -0.15) is 0 Å². The molecular formula is C16H14ClFN2. The Bertz CT molecular complexity index is 764. The second-order valence-electron chi connectivity index (χ2n) is 4.75. The first-order chi connectivity index (χ1) is 9.69. The highest BCUT2D eigenvalue weighted by Gasteiger charge is 2.08. The van der Waals surface area contributed by atoms with E-state index in [1.165, 1.54) is 6.07 Å². The Balaban J connectivity index is 2.04. The van der Waals surface area contributed by atoms with Crippen molar-refractivity contribution in [2.45, 2.75) is 13.1 Å². The molecule has 1 heterocycles. The van der Waals surface area contributed by atoms with E-state index in [1.54, 1.807) is 6.07 Å². The first-order valence-corrected chi connectivity index (χ1v) is 6.77. The molecule has 0 atom stereocenters. The molecule has 0 aliphatic carbocycles. The van der Waals surface area contributed by atoms with Gasteiger partial charge in [-0.25, -0.2) is 4.39 Å². The zero-order valence-corrected chi connectivity index (χ0v) is 11.6. The van der Waals surface area contributed by atoms with Crippen LogP contribution in [-0.2, 0) is 13.1 Å². The normalized spacial score (nSPS) is 11.2. The Labute approximate surface area is 121 Å². The van der Waals surface area contributed by atoms with Crippen molar-refractivity contribution in [1.29, 1.82) is 0 Å². The van der Waals surface area contributed by atoms with Crippen molar-refractivity contribution in [3.63, 3.8) is 0 Å². The van der Waals surface area contributed by atoms with Crippen LogP contribution < -0.4 is 5.73 Å². The molecule has 20 heavy (non-hydrogen) atoms. The maximum Gasteiger partial charge on any atom is 0.142 e. The van der Waals surface area contributed by atoms with Crippen molar-refractivity contribution < 1.29 is 4.39 Å². The summed E-state index contributed by atoms with van der Waals surface area (Å²) >= 11 is 5.71. The Morgan fingerprint density at radius 3 is 2.70 bits per heavy atom. The molecule has 2 nitrogen and oxygen atoms in total. The summed E-state index contributed by atoms with van der Waals surface area (Å²) in [4.78, 5) is 0. The van der Waals surface area contributed by atoms with Crippen LogP contribution in [0.2, 0.25) is 5.02 Å². The first kappa shape index (κ1) is 13.2. The van der Waals surface area contributed by atoms with Crippen LogP contribution in [-0.4, -0.2) is 4.57 Å². The van der Waals surface area contributed by atoms with Gasteiger partial charge in [-0.3, -0.25) is 0 Å². The predicted molar refractivity (Wildman–Crippen MR) is 80.3 cm³/mol. The Kier molecular flexibility index (Phi) is 3.47. The molecule has 0 saturated heterocycles. The third-order valence-corrected chi connectivity index (χ3v) is 3.73. The molecule has 0 amide bonds. The van der Waals surface area contributed by atoms with E-state index in [0.29, 0.717) is 13.1 Å². The largest absolute Gasteiger partial charge is 0.343 e. The highest BCUT2D eigenvalue weighted by molar-refractivity contribution is 6.30. The monoisotopic (exact) mass is 288 g/mol. The highest BCUT2D eigenvalue weighted by Crippen LogP contribution is 2.23. The fraction of sp³-hybridized carbons (Fsp3) is 0.125. The molecule has 102 valence electrons. The van der Waals surface area contributed by atoms with Crippen LogP contribution in [0.15, 0.2) is 48.7 Å². The van der Waals surface area contributed by atoms with Crippen LogP contribution in [0, 0.1) is 5.82 Å². The fourth-order valence-electron chi connectivity index (χ4n) is 2.45. The number of fused-ring (bicyclic) bond motifs is 1. The molecule has 0 bridgehead atoms. The Hall–Kier alpha value is -1.84. The van der Waals surface area contributed by atoms with E-state index in [4.69, 9.17) is 17.3 Å². The summed E-state index contributed by atoms with van der Waals surface area (Å²) in [6, 6.07) is 13.0. The molecule has 3 rings (SSSR count). The fourth-order valence-corrected chi connectivity index (χ4v) is 2.57. The zero-order chi connectivity index (χ0) is 14.1. The average molecular weight is 289 g/mol. The van der Waals surface area contributed by atoms with Crippen LogP contribution in [0.5, 0.6) is 0 Å². The van der Waals surface area contributed by atoms with Gasteiger partial charge in [0.2, 0.25) is 0 Å². The van der Waals surface area contributed by atoms with E-state index >= 15 is 0 Å². The smallest absolute Gasteiger partial charge is 0.142 e. The Morgan fingerprint density at radius 1 is 1.15 bits per heavy atom. The maximum atomic E-state index is 13.5. The summed E-state index contributed by atoms with van der Waals surface area (Å²) in [7, 11) is 0. The van der Waals surface area contributed by atoms with Crippen molar-refractivity contribution in [3.8, 4) is 0 Å². The van der Waals surface area contributed by atoms with Crippen molar-refractivity contribution in [3.05, 3.63) is 70.6 Å². The van der Waals surface area contributed by atoms with E-state index in [0.717, 1.165) is 22.0 Å². The second kappa shape index (κ2) is 5.27. The van der Waals surface area contributed by atoms with Crippen LogP contribution in [0.3, 0.4) is 0 Å². The van der Waals surface area contributed by atoms with Gasteiger partial charge in [-0.15, -0.1) is 0 Å². The molecule has 3 aromatic rings. The molecule has 0 saturated carbocycles. The third-order valence-electron chi connectivity index (χ3n) is 3.43. The van der Waals surface area contributed by atoms with Gasteiger partial charge in [-0.1, -0.05) is 35.9 Å². The SMILES string of the molecule is NCc1cn(Cc2ccc(Cl)c(F)c2)c2ccccc12. The molecule has 0 radical (unpaired) electrons. The second-order valence-corrected chi connectivity index (χ2v) is 5.16. The zero-order valence-electron chi connectivity index (χ0n) is 10.8. The average Bonchev–Trinajstić information content (AvgIpc) is 2.81. The minimum Gasteiger partial charge on any atom is -0.343 e. The minimum absolute atomic E-state index is 0.147. The van der Waals surface area contributed by atoms with Gasteiger partial charge in [0.05, 0.1) is 5.02 Å². The van der Waals surface area contributed by atoms with Gasteiger partial charge in [0, 0.05) is 30.2 Å². The lowest BCUT2D eigenvalue weighted by Gasteiger charge is -2.06. The van der Waals surface area contributed by atoms with Crippen molar-refractivity contribution in [2.24, 2.45) is 5.73 Å². The van der Waals surface area contributed by atoms with Crippen LogP contribution in [0.25, 0.3) is 10.9 Å². The first-order valence-electron chi connectivity index (χ1n) is 6.40. The van der Waals surface area contributed by atoms with Gasteiger partial charge < -0.3 is 10.3 Å². The lowest BCUT2D eigenvalue weighted by atomic mass is 10.2. The van der Waals surface area contributed by atoms with E-state index in [9.17, 15) is 4.39 Å². The van der Waals surface area contributed by atoms with Crippen molar-refractivity contribution in [1.82, 2.24) is 4.57 Å². The number of halogens is 2. The molecule has 0 unspecified atom stereocenters. The molecule has 0 aliphatic rings. The molecule has 0 spiro atoms. The van der Waals surface area contributed by atoms with Crippen molar-refractivity contribution in [2.75, 3.05) is 0 Å². The predicted octanol–water partition coefficient (Wildman–Crippen LogP) is 3.94. The highest BCUT2D eigenvalue weighted by atomic mass is 35.5. The van der Waals surface area contributed by atoms with Crippen molar-refractivity contribution >= 4 is 22.5 Å². The standard InChI is InChI=1S/C16H14ClFN2/c17-14-6-5-11(7-15(14)18)9-20-10-12(8-19)13-3-1-2-4-16(13)20/h1-7,10H,8-9,19H2. The number of nitrogens with zero attached hydrogens (tertiary/aromatic N) is 1. The van der Waals surface area contributed by atoms with E-state index in [-0.39, 0.29) is 10.8 Å². The number of rotatable bonds is 3. The molecule has 1 aromatic heterocycles. The summed E-state index contributed by atoms with van der Waals surface area (Å²) in [5.41, 5.74) is 8.84. The van der Waals surface area contributed by atoms with Gasteiger partial charge in [-0.05, 0) is 29.3 Å². The van der Waals surface area contributed by atoms with E-state index in [2.05, 4.69) is 10.6 Å². The number of nitrogens with two attached hydrogens (primary N) is 1. The number of benzene rings is 2. The van der Waals surface area contributed by atoms with Gasteiger partial charge in [0.25, 0.3) is 0 Å². The number of hydrogen-bond acceptors (Lipinski definition) is 1. The summed E-state index contributed by atoms with van der Waals surface area (Å²) in [5, 5.41) is 1.29. The Morgan fingerprint density at radius 2 is 1.95 bits per heavy atom. The number of para-hydroxylation sites is 1. The molecule has 0 aliphatic heterocycles.